The zero-order valence-corrected chi connectivity index (χ0v) is 4.45. The molecule has 0 aliphatic rings. The number of aliphatic imine (C=N–C) groups is 1. The van der Waals surface area contributed by atoms with E-state index in [0.29, 0.717) is 0 Å². The lowest BCUT2D eigenvalue weighted by Crippen LogP contribution is -2.12. The molecule has 0 heterocycles. The lowest BCUT2D eigenvalue weighted by Gasteiger charge is -1.90. The second kappa shape index (κ2) is 5.47. The minimum atomic E-state index is 0. The highest BCUT2D eigenvalue weighted by molar-refractivity contribution is 5.78. The Kier molecular flexibility index (Phi) is 7.57. The highest BCUT2D eigenvalue weighted by atomic mass is 14.9. The summed E-state index contributed by atoms with van der Waals surface area (Å²) in [7, 11) is 3.61. The van der Waals surface area contributed by atoms with Gasteiger partial charge in [0.2, 0.25) is 0 Å². The van der Waals surface area contributed by atoms with Crippen LogP contribution in [0.2, 0.25) is 0 Å². The fourth-order valence-corrected chi connectivity index (χ4v) is 0.112. The maximum absolute atomic E-state index is 3.81. The number of nitrogens with zero attached hydrogens (tertiary/aromatic N) is 1. The third kappa shape index (κ3) is 5.47. The molecule has 0 aromatic carbocycles. The quantitative estimate of drug-likeness (QED) is 0.356. The van der Waals surface area contributed by atoms with Crippen molar-refractivity contribution in [3.8, 4) is 0 Å². The highest BCUT2D eigenvalue weighted by Crippen LogP contribution is 1.59. The Morgan fingerprint density at radius 1 is 1.57 bits per heavy atom. The van der Waals surface area contributed by atoms with Crippen molar-refractivity contribution in [3.05, 3.63) is 0 Å². The van der Waals surface area contributed by atoms with Crippen LogP contribution in [0.15, 0.2) is 4.99 Å². The summed E-state index contributed by atoms with van der Waals surface area (Å²) in [5, 5.41) is 2.86. The van der Waals surface area contributed by atoms with E-state index in [1.165, 1.54) is 0 Å². The van der Waals surface area contributed by atoms with Crippen molar-refractivity contribution < 1.29 is 0 Å². The van der Waals surface area contributed by atoms with Gasteiger partial charge in [0.25, 0.3) is 0 Å². The van der Waals surface area contributed by atoms with Crippen molar-refractivity contribution in [2.45, 2.75) is 14.4 Å². The van der Waals surface area contributed by atoms with E-state index in [1.54, 1.807) is 7.05 Å². The zero-order chi connectivity index (χ0) is 4.99. The summed E-state index contributed by atoms with van der Waals surface area (Å²) < 4.78 is 0. The summed E-state index contributed by atoms with van der Waals surface area (Å²) in [5.41, 5.74) is 0. The van der Waals surface area contributed by atoms with E-state index < -0.39 is 0 Å². The smallest absolute Gasteiger partial charge is 0.0925 e. The highest BCUT2D eigenvalue weighted by Gasteiger charge is 1.71. The summed E-state index contributed by atoms with van der Waals surface area (Å²) in [6, 6.07) is 0. The van der Waals surface area contributed by atoms with Gasteiger partial charge >= 0.3 is 0 Å². The van der Waals surface area contributed by atoms with Crippen LogP contribution in [-0.4, -0.2) is 19.9 Å². The lowest BCUT2D eigenvalue weighted by molar-refractivity contribution is 1.14. The molecule has 0 aromatic heterocycles. The van der Waals surface area contributed by atoms with Crippen LogP contribution >= 0.6 is 0 Å². The molecule has 0 radical (unpaired) electrons. The Labute approximate surface area is 45.7 Å². The largest absolute Gasteiger partial charge is 0.377 e. The second-order valence-corrected chi connectivity index (χ2v) is 1.06. The van der Waals surface area contributed by atoms with E-state index >= 15 is 0 Å². The molecule has 0 bridgehead atoms. The molecule has 0 saturated carbocycles. The molecule has 0 aromatic rings. The molecule has 7 heavy (non-hydrogen) atoms. The van der Waals surface area contributed by atoms with E-state index in [4.69, 9.17) is 0 Å². The predicted molar refractivity (Wildman–Crippen MR) is 34.8 cm³/mol. The van der Waals surface area contributed by atoms with E-state index in [-0.39, 0.29) is 7.43 Å². The maximum atomic E-state index is 3.81. The van der Waals surface area contributed by atoms with Crippen molar-refractivity contribution in [3.63, 3.8) is 0 Å². The van der Waals surface area contributed by atoms with Crippen LogP contribution in [-0.2, 0) is 0 Å². The Hall–Kier alpha value is -0.530. The summed E-state index contributed by atoms with van der Waals surface area (Å²) in [6.45, 7) is 1.92. The van der Waals surface area contributed by atoms with Gasteiger partial charge in [-0.2, -0.15) is 0 Å². The fraction of sp³-hybridized carbons (Fsp3) is 0.800. The Balaban J connectivity index is 0. The van der Waals surface area contributed by atoms with Gasteiger partial charge in [-0.05, 0) is 6.92 Å². The molecule has 0 amide bonds. The second-order valence-electron chi connectivity index (χ2n) is 1.06. The average molecular weight is 102 g/mol. The van der Waals surface area contributed by atoms with Crippen LogP contribution in [0.4, 0.5) is 0 Å². The SMILES string of the molecule is C.CN=C(C)NC. The lowest BCUT2D eigenvalue weighted by atomic mass is 10.7. The Morgan fingerprint density at radius 3 is 2.00 bits per heavy atom. The van der Waals surface area contributed by atoms with Gasteiger partial charge in [-0.3, -0.25) is 4.99 Å². The average Bonchev–Trinajstić information content (AvgIpc) is 1.65. The van der Waals surface area contributed by atoms with E-state index in [9.17, 15) is 0 Å². The molecule has 2 heteroatoms. The molecule has 0 aliphatic carbocycles. The first-order valence-corrected chi connectivity index (χ1v) is 1.92. The number of rotatable bonds is 0. The van der Waals surface area contributed by atoms with Gasteiger partial charge in [0.15, 0.2) is 0 Å². The molecule has 1 N–H and O–H groups in total. The maximum Gasteiger partial charge on any atom is 0.0925 e. The van der Waals surface area contributed by atoms with Crippen LogP contribution in [0, 0.1) is 0 Å². The van der Waals surface area contributed by atoms with E-state index in [2.05, 4.69) is 10.3 Å². The molecule has 0 rings (SSSR count). The van der Waals surface area contributed by atoms with Gasteiger partial charge < -0.3 is 5.32 Å². The molecule has 44 valence electrons. The third-order valence-electron chi connectivity index (χ3n) is 0.697. The summed E-state index contributed by atoms with van der Waals surface area (Å²) in [4.78, 5) is 3.81. The molecular weight excluding hydrogens is 88.1 g/mol. The molecule has 0 fully saturated rings. The molecule has 2 nitrogen and oxygen atoms in total. The van der Waals surface area contributed by atoms with Crippen molar-refractivity contribution >= 4 is 5.84 Å². The van der Waals surface area contributed by atoms with Gasteiger partial charge in [0, 0.05) is 14.1 Å². The first-order chi connectivity index (χ1) is 2.81. The minimum absolute atomic E-state index is 0. The van der Waals surface area contributed by atoms with Gasteiger partial charge in [0.05, 0.1) is 5.84 Å². The number of nitrogens with one attached hydrogen (secondary N) is 1. The van der Waals surface area contributed by atoms with Gasteiger partial charge in [0.1, 0.15) is 0 Å². The molecule has 0 spiro atoms. The minimum Gasteiger partial charge on any atom is -0.377 e. The van der Waals surface area contributed by atoms with Gasteiger partial charge in [-0.1, -0.05) is 7.43 Å². The van der Waals surface area contributed by atoms with E-state index in [1.807, 2.05) is 14.0 Å². The zero-order valence-electron chi connectivity index (χ0n) is 4.45. The van der Waals surface area contributed by atoms with Crippen molar-refractivity contribution in [2.24, 2.45) is 4.99 Å². The molecule has 0 saturated heterocycles. The normalized spacial score (nSPS) is 9.86. The van der Waals surface area contributed by atoms with Crippen LogP contribution in [0.5, 0.6) is 0 Å². The molecule has 0 aliphatic heterocycles. The number of amidine groups is 1. The summed E-state index contributed by atoms with van der Waals surface area (Å²) in [6.07, 6.45) is 0. The summed E-state index contributed by atoms with van der Waals surface area (Å²) >= 11 is 0. The number of hydrogen-bond donors (Lipinski definition) is 1. The van der Waals surface area contributed by atoms with E-state index in [0.717, 1.165) is 5.84 Å². The molecule has 0 atom stereocenters. The van der Waals surface area contributed by atoms with Crippen LogP contribution in [0.1, 0.15) is 14.4 Å². The molecular formula is C5H14N2. The van der Waals surface area contributed by atoms with Crippen molar-refractivity contribution in [2.75, 3.05) is 14.1 Å². The summed E-state index contributed by atoms with van der Waals surface area (Å²) in [5.74, 6) is 0.968. The van der Waals surface area contributed by atoms with Crippen LogP contribution in [0.25, 0.3) is 0 Å². The first kappa shape index (κ1) is 9.69. The predicted octanol–water partition coefficient (Wildman–Crippen LogP) is 0.890. The first-order valence-electron chi connectivity index (χ1n) is 1.92. The molecule has 0 unspecified atom stereocenters. The monoisotopic (exact) mass is 102 g/mol. The fourth-order valence-electron chi connectivity index (χ4n) is 0.112. The Bertz CT molecular complexity index is 57.1. The third-order valence-corrected chi connectivity index (χ3v) is 0.697. The topological polar surface area (TPSA) is 24.4 Å². The Morgan fingerprint density at radius 2 is 2.00 bits per heavy atom. The number of hydrogen-bond acceptors (Lipinski definition) is 1. The van der Waals surface area contributed by atoms with Gasteiger partial charge in [-0.25, -0.2) is 0 Å². The van der Waals surface area contributed by atoms with Crippen molar-refractivity contribution in [1.29, 1.82) is 0 Å². The van der Waals surface area contributed by atoms with Crippen molar-refractivity contribution in [1.82, 2.24) is 5.32 Å². The van der Waals surface area contributed by atoms with Gasteiger partial charge in [-0.15, -0.1) is 0 Å². The standard InChI is InChI=1S/C4H10N2.CH4/c1-4(5-2)6-3;/h1-3H3,(H,5,6);1H4. The van der Waals surface area contributed by atoms with Crippen LogP contribution < -0.4 is 5.32 Å². The van der Waals surface area contributed by atoms with Crippen LogP contribution in [0.3, 0.4) is 0 Å².